The van der Waals surface area contributed by atoms with Gasteiger partial charge in [-0.2, -0.15) is 0 Å². The Bertz CT molecular complexity index is 134. The molecular weight excluding hydrogens is 166 g/mol. The lowest BCUT2D eigenvalue weighted by Crippen LogP contribution is -2.49. The van der Waals surface area contributed by atoms with Crippen molar-refractivity contribution in [1.29, 1.82) is 0 Å². The van der Waals surface area contributed by atoms with Gasteiger partial charge in [-0.3, -0.25) is 4.79 Å². The van der Waals surface area contributed by atoms with E-state index in [4.69, 9.17) is 4.74 Å². The van der Waals surface area contributed by atoms with Crippen molar-refractivity contribution in [2.45, 2.75) is 32.4 Å². The molecule has 1 fully saturated rings. The van der Waals surface area contributed by atoms with Crippen molar-refractivity contribution in [2.75, 3.05) is 6.54 Å². The summed E-state index contributed by atoms with van der Waals surface area (Å²) in [5.41, 5.74) is 0. The van der Waals surface area contributed by atoms with Gasteiger partial charge in [0.25, 0.3) is 0 Å². The Morgan fingerprint density at radius 3 is 2.45 bits per heavy atom. The fraction of sp³-hybridized carbons (Fsp3) is 0.857. The zero-order valence-corrected chi connectivity index (χ0v) is 7.61. The third-order valence-electron chi connectivity index (χ3n) is 1.46. The van der Waals surface area contributed by atoms with E-state index in [1.807, 2.05) is 13.8 Å². The second kappa shape index (κ2) is 4.57. The molecule has 0 amide bonds. The van der Waals surface area contributed by atoms with Crippen LogP contribution in [0.2, 0.25) is 0 Å². The first kappa shape index (κ1) is 10.7. The fourth-order valence-electron chi connectivity index (χ4n) is 0.804. The van der Waals surface area contributed by atoms with Crippen LogP contribution in [0.1, 0.15) is 20.3 Å². The average molecular weight is 180 g/mol. The maximum Gasteiger partial charge on any atom is 0.323 e. The van der Waals surface area contributed by atoms with Gasteiger partial charge >= 0.3 is 5.97 Å². The van der Waals surface area contributed by atoms with E-state index in [0.717, 1.165) is 13.0 Å². The number of hydrogen-bond donors (Lipinski definition) is 1. The summed E-state index contributed by atoms with van der Waals surface area (Å²) < 4.78 is 4.95. The predicted octanol–water partition coefficient (Wildman–Crippen LogP) is 0.722. The van der Waals surface area contributed by atoms with Crippen LogP contribution in [-0.4, -0.2) is 24.7 Å². The number of nitrogens with one attached hydrogen (secondary N) is 1. The smallest absolute Gasteiger partial charge is 0.323 e. The van der Waals surface area contributed by atoms with Crippen molar-refractivity contribution >= 4 is 18.4 Å². The topological polar surface area (TPSA) is 38.3 Å². The highest BCUT2D eigenvalue weighted by atomic mass is 35.5. The van der Waals surface area contributed by atoms with Crippen LogP contribution in [0.15, 0.2) is 0 Å². The molecule has 4 heteroatoms. The van der Waals surface area contributed by atoms with E-state index in [9.17, 15) is 4.79 Å². The summed E-state index contributed by atoms with van der Waals surface area (Å²) >= 11 is 0. The summed E-state index contributed by atoms with van der Waals surface area (Å²) in [5, 5.41) is 2.98. The van der Waals surface area contributed by atoms with E-state index in [1.54, 1.807) is 0 Å². The number of rotatable bonds is 2. The van der Waals surface area contributed by atoms with Gasteiger partial charge in [-0.1, -0.05) is 0 Å². The second-order valence-corrected chi connectivity index (χ2v) is 2.78. The molecule has 1 rings (SSSR count). The van der Waals surface area contributed by atoms with Crippen LogP contribution in [0.4, 0.5) is 0 Å². The van der Waals surface area contributed by atoms with Gasteiger partial charge in [0, 0.05) is 0 Å². The molecule has 11 heavy (non-hydrogen) atoms. The molecule has 1 aliphatic rings. The number of carbonyl (C=O) groups is 1. The number of esters is 1. The summed E-state index contributed by atoms with van der Waals surface area (Å²) in [7, 11) is 0. The third kappa shape index (κ3) is 3.08. The van der Waals surface area contributed by atoms with Gasteiger partial charge in [-0.15, -0.1) is 12.4 Å². The van der Waals surface area contributed by atoms with Crippen molar-refractivity contribution in [1.82, 2.24) is 5.32 Å². The Balaban J connectivity index is 0.000001000. The molecule has 1 heterocycles. The van der Waals surface area contributed by atoms with E-state index in [-0.39, 0.29) is 30.5 Å². The van der Waals surface area contributed by atoms with Crippen molar-refractivity contribution in [3.05, 3.63) is 0 Å². The molecule has 0 spiro atoms. The summed E-state index contributed by atoms with van der Waals surface area (Å²) in [6, 6.07) is -0.0256. The summed E-state index contributed by atoms with van der Waals surface area (Å²) in [4.78, 5) is 11.0. The number of carbonyl (C=O) groups excluding carboxylic acids is 1. The maximum absolute atomic E-state index is 11.0. The lowest BCUT2D eigenvalue weighted by Gasteiger charge is -2.26. The molecule has 0 aromatic carbocycles. The predicted molar refractivity (Wildman–Crippen MR) is 44.9 cm³/mol. The van der Waals surface area contributed by atoms with Gasteiger partial charge in [0.2, 0.25) is 0 Å². The highest BCUT2D eigenvalue weighted by Gasteiger charge is 2.26. The first-order chi connectivity index (χ1) is 4.70. The van der Waals surface area contributed by atoms with Gasteiger partial charge in [0.1, 0.15) is 6.04 Å². The standard InChI is InChI=1S/C7H13NO2.ClH/c1-5(2)10-7(9)6-3-4-8-6;/h5-6,8H,3-4H2,1-2H3;1H. The van der Waals surface area contributed by atoms with Crippen LogP contribution in [0.25, 0.3) is 0 Å². The fourth-order valence-corrected chi connectivity index (χ4v) is 0.804. The number of hydrogen-bond acceptors (Lipinski definition) is 3. The Hall–Kier alpha value is -0.280. The second-order valence-electron chi connectivity index (χ2n) is 2.78. The minimum Gasteiger partial charge on any atom is -0.462 e. The first-order valence-electron chi connectivity index (χ1n) is 3.64. The molecule has 0 aliphatic carbocycles. The third-order valence-corrected chi connectivity index (χ3v) is 1.46. The normalized spacial score (nSPS) is 21.9. The molecular formula is C7H14ClNO2. The zero-order chi connectivity index (χ0) is 7.56. The molecule has 1 unspecified atom stereocenters. The van der Waals surface area contributed by atoms with Gasteiger partial charge in [-0.25, -0.2) is 0 Å². The molecule has 1 aliphatic heterocycles. The van der Waals surface area contributed by atoms with E-state index >= 15 is 0 Å². The molecule has 1 atom stereocenters. The SMILES string of the molecule is CC(C)OC(=O)C1CCN1.Cl. The molecule has 0 aromatic heterocycles. The maximum atomic E-state index is 11.0. The van der Waals surface area contributed by atoms with Gasteiger partial charge in [0.15, 0.2) is 0 Å². The molecule has 1 saturated heterocycles. The van der Waals surface area contributed by atoms with Crippen LogP contribution in [0.3, 0.4) is 0 Å². The average Bonchev–Trinajstić information content (AvgIpc) is 1.55. The van der Waals surface area contributed by atoms with Crippen LogP contribution in [0.5, 0.6) is 0 Å². The monoisotopic (exact) mass is 179 g/mol. The van der Waals surface area contributed by atoms with Crippen LogP contribution < -0.4 is 5.32 Å². The molecule has 0 aromatic rings. The molecule has 66 valence electrons. The Morgan fingerprint density at radius 2 is 2.18 bits per heavy atom. The molecule has 0 bridgehead atoms. The van der Waals surface area contributed by atoms with Crippen molar-refractivity contribution in [3.63, 3.8) is 0 Å². The van der Waals surface area contributed by atoms with Crippen molar-refractivity contribution < 1.29 is 9.53 Å². The highest BCUT2D eigenvalue weighted by Crippen LogP contribution is 2.05. The van der Waals surface area contributed by atoms with E-state index in [2.05, 4.69) is 5.32 Å². The Labute approximate surface area is 72.9 Å². The Morgan fingerprint density at radius 1 is 1.64 bits per heavy atom. The first-order valence-corrected chi connectivity index (χ1v) is 3.64. The summed E-state index contributed by atoms with van der Waals surface area (Å²) in [6.45, 7) is 4.66. The van der Waals surface area contributed by atoms with E-state index in [0.29, 0.717) is 0 Å². The minimum atomic E-state index is -0.110. The van der Waals surface area contributed by atoms with E-state index < -0.39 is 0 Å². The lowest BCUT2D eigenvalue weighted by molar-refractivity contribution is -0.151. The largest absolute Gasteiger partial charge is 0.462 e. The van der Waals surface area contributed by atoms with Crippen molar-refractivity contribution in [2.24, 2.45) is 0 Å². The number of halogens is 1. The minimum absolute atomic E-state index is 0. The van der Waals surface area contributed by atoms with Crippen LogP contribution in [-0.2, 0) is 9.53 Å². The highest BCUT2D eigenvalue weighted by molar-refractivity contribution is 5.85. The van der Waals surface area contributed by atoms with Gasteiger partial charge in [0.05, 0.1) is 6.10 Å². The summed E-state index contributed by atoms with van der Waals surface area (Å²) in [5.74, 6) is -0.110. The molecule has 1 N–H and O–H groups in total. The lowest BCUT2D eigenvalue weighted by atomic mass is 10.1. The molecule has 3 nitrogen and oxygen atoms in total. The number of ether oxygens (including phenoxy) is 1. The van der Waals surface area contributed by atoms with Gasteiger partial charge in [-0.05, 0) is 26.8 Å². The van der Waals surface area contributed by atoms with Gasteiger partial charge < -0.3 is 10.1 Å². The zero-order valence-electron chi connectivity index (χ0n) is 6.79. The Kier molecular flexibility index (Phi) is 4.45. The van der Waals surface area contributed by atoms with Crippen LogP contribution >= 0.6 is 12.4 Å². The molecule has 0 radical (unpaired) electrons. The molecule has 0 saturated carbocycles. The van der Waals surface area contributed by atoms with Crippen molar-refractivity contribution in [3.8, 4) is 0 Å². The van der Waals surface area contributed by atoms with E-state index in [1.165, 1.54) is 0 Å². The quantitative estimate of drug-likeness (QED) is 0.635. The summed E-state index contributed by atoms with van der Waals surface area (Å²) in [6.07, 6.45) is 0.931. The van der Waals surface area contributed by atoms with Crippen LogP contribution in [0, 0.1) is 0 Å².